The van der Waals surface area contributed by atoms with Gasteiger partial charge in [0.2, 0.25) is 5.95 Å². The summed E-state index contributed by atoms with van der Waals surface area (Å²) in [4.78, 5) is 19.1. The van der Waals surface area contributed by atoms with Gasteiger partial charge in [-0.25, -0.2) is 9.97 Å². The molecule has 0 spiro atoms. The number of rotatable bonds is 4. The van der Waals surface area contributed by atoms with Crippen LogP contribution in [-0.4, -0.2) is 22.0 Å². The van der Waals surface area contributed by atoms with Crippen LogP contribution in [0.5, 0.6) is 5.75 Å². The topological polar surface area (TPSA) is 104 Å². The number of carbonyl (C=O) groups excluding carboxylic acids is 1. The smallest absolute Gasteiger partial charge is 0.267 e. The van der Waals surface area contributed by atoms with E-state index in [4.69, 9.17) is 16.2 Å². The SMILES string of the molecule is CC(C)Oc1cccc(-c2cc(C(N)=O)nc(N)n2)c1. The molecule has 104 valence electrons. The van der Waals surface area contributed by atoms with Gasteiger partial charge in [-0.3, -0.25) is 4.79 Å². The minimum Gasteiger partial charge on any atom is -0.491 e. The molecule has 0 aliphatic heterocycles. The minimum absolute atomic E-state index is 0.00600. The summed E-state index contributed by atoms with van der Waals surface area (Å²) in [5.74, 6) is 0.0803. The molecule has 1 heterocycles. The molecule has 0 aliphatic carbocycles. The second-order valence-corrected chi connectivity index (χ2v) is 4.56. The van der Waals surface area contributed by atoms with E-state index in [1.54, 1.807) is 0 Å². The van der Waals surface area contributed by atoms with E-state index in [9.17, 15) is 4.79 Å². The molecule has 0 unspecified atom stereocenters. The Kier molecular flexibility index (Phi) is 3.84. The maximum atomic E-state index is 11.2. The zero-order chi connectivity index (χ0) is 14.7. The van der Waals surface area contributed by atoms with Gasteiger partial charge in [-0.05, 0) is 32.0 Å². The van der Waals surface area contributed by atoms with E-state index in [1.807, 2.05) is 38.1 Å². The lowest BCUT2D eigenvalue weighted by atomic mass is 10.1. The molecule has 2 rings (SSSR count). The van der Waals surface area contributed by atoms with Gasteiger partial charge in [0.15, 0.2) is 0 Å². The molecule has 0 bridgehead atoms. The van der Waals surface area contributed by atoms with Crippen LogP contribution in [0.1, 0.15) is 24.3 Å². The number of nitrogens with zero attached hydrogens (tertiary/aromatic N) is 2. The number of anilines is 1. The number of benzene rings is 1. The van der Waals surface area contributed by atoms with E-state index < -0.39 is 5.91 Å². The van der Waals surface area contributed by atoms with E-state index in [-0.39, 0.29) is 17.7 Å². The van der Waals surface area contributed by atoms with Gasteiger partial charge in [0.1, 0.15) is 11.4 Å². The largest absolute Gasteiger partial charge is 0.491 e. The molecular formula is C14H16N4O2. The lowest BCUT2D eigenvalue weighted by molar-refractivity contribution is 0.0995. The van der Waals surface area contributed by atoms with Crippen molar-refractivity contribution in [3.05, 3.63) is 36.0 Å². The number of carbonyl (C=O) groups is 1. The van der Waals surface area contributed by atoms with Crippen LogP contribution in [0.15, 0.2) is 30.3 Å². The quantitative estimate of drug-likeness (QED) is 0.879. The Balaban J connectivity index is 2.43. The number of primary amides is 1. The third-order valence-electron chi connectivity index (χ3n) is 2.50. The van der Waals surface area contributed by atoms with E-state index in [2.05, 4.69) is 9.97 Å². The fraction of sp³-hybridized carbons (Fsp3) is 0.214. The summed E-state index contributed by atoms with van der Waals surface area (Å²) in [6, 6.07) is 8.87. The summed E-state index contributed by atoms with van der Waals surface area (Å²) in [7, 11) is 0. The number of aromatic nitrogens is 2. The van der Waals surface area contributed by atoms with Crippen molar-refractivity contribution in [3.63, 3.8) is 0 Å². The highest BCUT2D eigenvalue weighted by Crippen LogP contribution is 2.24. The summed E-state index contributed by atoms with van der Waals surface area (Å²) < 4.78 is 5.62. The number of nitrogens with two attached hydrogens (primary N) is 2. The summed E-state index contributed by atoms with van der Waals surface area (Å²) in [5.41, 5.74) is 12.2. The maximum Gasteiger partial charge on any atom is 0.267 e. The minimum atomic E-state index is -0.644. The highest BCUT2D eigenvalue weighted by Gasteiger charge is 2.09. The molecule has 1 amide bonds. The van der Waals surface area contributed by atoms with Gasteiger partial charge in [0.25, 0.3) is 5.91 Å². The molecule has 0 aliphatic rings. The zero-order valence-corrected chi connectivity index (χ0v) is 11.3. The number of ether oxygens (including phenoxy) is 1. The van der Waals surface area contributed by atoms with Crippen molar-refractivity contribution >= 4 is 11.9 Å². The lowest BCUT2D eigenvalue weighted by Crippen LogP contribution is -2.15. The van der Waals surface area contributed by atoms with E-state index in [0.717, 1.165) is 11.3 Å². The number of amides is 1. The number of hydrogen-bond acceptors (Lipinski definition) is 5. The van der Waals surface area contributed by atoms with Gasteiger partial charge < -0.3 is 16.2 Å². The third kappa shape index (κ3) is 3.23. The molecule has 6 nitrogen and oxygen atoms in total. The highest BCUT2D eigenvalue weighted by molar-refractivity contribution is 5.92. The highest BCUT2D eigenvalue weighted by atomic mass is 16.5. The Labute approximate surface area is 116 Å². The fourth-order valence-electron chi connectivity index (χ4n) is 1.74. The fourth-order valence-corrected chi connectivity index (χ4v) is 1.74. The second kappa shape index (κ2) is 5.56. The standard InChI is InChI=1S/C14H16N4O2/c1-8(2)20-10-5-3-4-9(6-10)11-7-12(13(15)19)18-14(16)17-11/h3-8H,1-2H3,(H2,15,19)(H2,16,17,18). The van der Waals surface area contributed by atoms with Crippen LogP contribution in [0.3, 0.4) is 0 Å². The first-order valence-corrected chi connectivity index (χ1v) is 6.17. The van der Waals surface area contributed by atoms with Crippen molar-refractivity contribution in [2.75, 3.05) is 5.73 Å². The van der Waals surface area contributed by atoms with E-state index >= 15 is 0 Å². The van der Waals surface area contributed by atoms with Gasteiger partial charge in [-0.1, -0.05) is 12.1 Å². The van der Waals surface area contributed by atoms with Crippen LogP contribution < -0.4 is 16.2 Å². The molecule has 0 saturated heterocycles. The predicted molar refractivity (Wildman–Crippen MR) is 76.2 cm³/mol. The van der Waals surface area contributed by atoms with E-state index in [0.29, 0.717) is 5.69 Å². The second-order valence-electron chi connectivity index (χ2n) is 4.56. The summed E-state index contributed by atoms with van der Waals surface area (Å²) in [6.45, 7) is 3.89. The number of nitrogen functional groups attached to an aromatic ring is 1. The molecule has 1 aromatic carbocycles. The molecule has 1 aromatic heterocycles. The molecule has 0 fully saturated rings. The van der Waals surface area contributed by atoms with Crippen molar-refractivity contribution < 1.29 is 9.53 Å². The monoisotopic (exact) mass is 272 g/mol. The van der Waals surface area contributed by atoms with Crippen LogP contribution in [0, 0.1) is 0 Å². The first-order valence-electron chi connectivity index (χ1n) is 6.17. The van der Waals surface area contributed by atoms with Crippen LogP contribution in [0.4, 0.5) is 5.95 Å². The van der Waals surface area contributed by atoms with Crippen molar-refractivity contribution in [2.45, 2.75) is 20.0 Å². The molecule has 2 aromatic rings. The Morgan fingerprint density at radius 1 is 1.25 bits per heavy atom. The van der Waals surface area contributed by atoms with Crippen molar-refractivity contribution in [2.24, 2.45) is 5.73 Å². The summed E-state index contributed by atoms with van der Waals surface area (Å²) in [6.07, 6.45) is 0.0712. The normalized spacial score (nSPS) is 10.6. The molecule has 0 radical (unpaired) electrons. The van der Waals surface area contributed by atoms with Crippen molar-refractivity contribution in [1.29, 1.82) is 0 Å². The third-order valence-corrected chi connectivity index (χ3v) is 2.50. The van der Waals surface area contributed by atoms with Gasteiger partial charge in [0, 0.05) is 5.56 Å². The Bertz CT molecular complexity index is 641. The Morgan fingerprint density at radius 2 is 2.00 bits per heavy atom. The molecule has 0 atom stereocenters. The van der Waals surface area contributed by atoms with Crippen LogP contribution in [-0.2, 0) is 0 Å². The molecular weight excluding hydrogens is 256 g/mol. The van der Waals surface area contributed by atoms with Gasteiger partial charge in [0.05, 0.1) is 11.8 Å². The molecule has 0 saturated carbocycles. The average Bonchev–Trinajstić information content (AvgIpc) is 2.37. The van der Waals surface area contributed by atoms with Gasteiger partial charge in [-0.15, -0.1) is 0 Å². The van der Waals surface area contributed by atoms with Gasteiger partial charge >= 0.3 is 0 Å². The molecule has 6 heteroatoms. The number of hydrogen-bond donors (Lipinski definition) is 2. The first-order chi connectivity index (χ1) is 9.45. The van der Waals surface area contributed by atoms with Crippen LogP contribution in [0.2, 0.25) is 0 Å². The summed E-state index contributed by atoms with van der Waals surface area (Å²) in [5, 5.41) is 0. The van der Waals surface area contributed by atoms with Crippen molar-refractivity contribution in [3.8, 4) is 17.0 Å². The Hall–Kier alpha value is -2.63. The zero-order valence-electron chi connectivity index (χ0n) is 11.3. The first kappa shape index (κ1) is 13.8. The van der Waals surface area contributed by atoms with Crippen LogP contribution >= 0.6 is 0 Å². The molecule has 20 heavy (non-hydrogen) atoms. The Morgan fingerprint density at radius 3 is 2.65 bits per heavy atom. The van der Waals surface area contributed by atoms with Crippen LogP contribution in [0.25, 0.3) is 11.3 Å². The predicted octanol–water partition coefficient (Wildman–Crippen LogP) is 1.61. The maximum absolute atomic E-state index is 11.2. The van der Waals surface area contributed by atoms with E-state index in [1.165, 1.54) is 6.07 Å². The van der Waals surface area contributed by atoms with Gasteiger partial charge in [-0.2, -0.15) is 0 Å². The average molecular weight is 272 g/mol. The lowest BCUT2D eigenvalue weighted by Gasteiger charge is -2.11. The summed E-state index contributed by atoms with van der Waals surface area (Å²) >= 11 is 0. The van der Waals surface area contributed by atoms with Crippen molar-refractivity contribution in [1.82, 2.24) is 9.97 Å². The molecule has 4 N–H and O–H groups in total.